The highest BCUT2D eigenvalue weighted by Crippen LogP contribution is 2.17. The van der Waals surface area contributed by atoms with Gasteiger partial charge in [-0.1, -0.05) is 31.2 Å². The van der Waals surface area contributed by atoms with E-state index in [1.165, 1.54) is 11.1 Å². The van der Waals surface area contributed by atoms with Gasteiger partial charge in [-0.3, -0.25) is 0 Å². The van der Waals surface area contributed by atoms with Gasteiger partial charge in [0, 0.05) is 18.4 Å². The van der Waals surface area contributed by atoms with E-state index < -0.39 is 0 Å². The van der Waals surface area contributed by atoms with Gasteiger partial charge in [-0.25, -0.2) is 0 Å². The molecule has 0 radical (unpaired) electrons. The summed E-state index contributed by atoms with van der Waals surface area (Å²) in [6.07, 6.45) is 1.92. The number of thioether (sulfide) groups is 1. The molecular weight excluding hydrogens is 218 g/mol. The second kappa shape index (κ2) is 7.71. The lowest BCUT2D eigenvalue weighted by Gasteiger charge is -2.12. The average molecular weight is 239 g/mol. The molecule has 0 aliphatic rings. The monoisotopic (exact) mass is 239 g/mol. The Bertz CT molecular complexity index is 286. The molecule has 0 fully saturated rings. The van der Waals surface area contributed by atoms with Crippen LogP contribution in [0.5, 0.6) is 0 Å². The minimum absolute atomic E-state index is 0.106. The van der Waals surface area contributed by atoms with Crippen molar-refractivity contribution in [1.82, 2.24) is 0 Å². The summed E-state index contributed by atoms with van der Waals surface area (Å²) in [6.45, 7) is 2.42. The Morgan fingerprint density at radius 1 is 1.31 bits per heavy atom. The first kappa shape index (κ1) is 13.6. The predicted molar refractivity (Wildman–Crippen MR) is 71.8 cm³/mol. The van der Waals surface area contributed by atoms with E-state index in [4.69, 9.17) is 10.8 Å². The van der Waals surface area contributed by atoms with Gasteiger partial charge in [0.1, 0.15) is 0 Å². The van der Waals surface area contributed by atoms with Crippen molar-refractivity contribution in [3.05, 3.63) is 35.4 Å². The first-order chi connectivity index (χ1) is 7.77. The highest BCUT2D eigenvalue weighted by molar-refractivity contribution is 7.99. The average Bonchev–Trinajstić information content (AvgIpc) is 2.34. The molecule has 1 atom stereocenters. The van der Waals surface area contributed by atoms with E-state index in [1.54, 1.807) is 11.8 Å². The van der Waals surface area contributed by atoms with E-state index >= 15 is 0 Å². The summed E-state index contributed by atoms with van der Waals surface area (Å²) in [6, 6.07) is 8.64. The molecule has 0 saturated heterocycles. The molecule has 90 valence electrons. The number of nitrogens with two attached hydrogens (primary N) is 1. The zero-order valence-electron chi connectivity index (χ0n) is 9.86. The van der Waals surface area contributed by atoms with Crippen molar-refractivity contribution in [3.8, 4) is 0 Å². The third-order valence-corrected chi connectivity index (χ3v) is 3.73. The Morgan fingerprint density at radius 2 is 2.00 bits per heavy atom. The molecule has 0 aliphatic carbocycles. The number of hydrogen-bond acceptors (Lipinski definition) is 3. The van der Waals surface area contributed by atoms with Crippen LogP contribution in [0, 0.1) is 0 Å². The molecule has 16 heavy (non-hydrogen) atoms. The molecule has 1 rings (SSSR count). The first-order valence-electron chi connectivity index (χ1n) is 5.81. The Hall–Kier alpha value is -0.510. The molecular formula is C13H21NOS. The zero-order chi connectivity index (χ0) is 11.8. The number of benzene rings is 1. The number of aliphatic hydroxyl groups is 1. The van der Waals surface area contributed by atoms with Crippen molar-refractivity contribution < 1.29 is 5.11 Å². The van der Waals surface area contributed by atoms with E-state index in [1.807, 2.05) is 0 Å². The van der Waals surface area contributed by atoms with Crippen molar-refractivity contribution >= 4 is 11.8 Å². The maximum atomic E-state index is 8.66. The van der Waals surface area contributed by atoms with Crippen LogP contribution in [0.4, 0.5) is 0 Å². The number of rotatable bonds is 7. The van der Waals surface area contributed by atoms with Crippen molar-refractivity contribution in [2.75, 3.05) is 18.1 Å². The number of aliphatic hydroxyl groups excluding tert-OH is 1. The van der Waals surface area contributed by atoms with Crippen LogP contribution in [0.1, 0.15) is 30.5 Å². The van der Waals surface area contributed by atoms with Crippen LogP contribution in [-0.4, -0.2) is 23.2 Å². The van der Waals surface area contributed by atoms with E-state index in [9.17, 15) is 0 Å². The lowest BCUT2D eigenvalue weighted by Crippen LogP contribution is -2.13. The quantitative estimate of drug-likeness (QED) is 0.718. The molecule has 0 saturated carbocycles. The third-order valence-electron chi connectivity index (χ3n) is 2.56. The van der Waals surface area contributed by atoms with Crippen LogP contribution >= 0.6 is 11.8 Å². The largest absolute Gasteiger partial charge is 0.396 e. The fourth-order valence-electron chi connectivity index (χ4n) is 1.47. The summed E-state index contributed by atoms with van der Waals surface area (Å²) in [7, 11) is 0. The highest BCUT2D eigenvalue weighted by atomic mass is 32.2. The molecule has 0 spiro atoms. The smallest absolute Gasteiger partial charge is 0.0438 e. The lowest BCUT2D eigenvalue weighted by atomic mass is 10.1. The van der Waals surface area contributed by atoms with Crippen LogP contribution < -0.4 is 5.73 Å². The molecule has 1 unspecified atom stereocenters. The fraction of sp³-hybridized carbons (Fsp3) is 0.538. The Labute approximate surface area is 102 Å². The Kier molecular flexibility index (Phi) is 6.53. The fourth-order valence-corrected chi connectivity index (χ4v) is 2.42. The van der Waals surface area contributed by atoms with Gasteiger partial charge in [-0.15, -0.1) is 0 Å². The van der Waals surface area contributed by atoms with Crippen LogP contribution in [0.2, 0.25) is 0 Å². The maximum Gasteiger partial charge on any atom is 0.0438 e. The summed E-state index contributed by atoms with van der Waals surface area (Å²) >= 11 is 1.81. The predicted octanol–water partition coefficient (Wildman–Crippen LogP) is 2.36. The summed E-state index contributed by atoms with van der Waals surface area (Å²) < 4.78 is 0. The minimum Gasteiger partial charge on any atom is -0.396 e. The van der Waals surface area contributed by atoms with Gasteiger partial charge in [-0.05, 0) is 29.7 Å². The van der Waals surface area contributed by atoms with Gasteiger partial charge in [0.05, 0.1) is 0 Å². The number of hydrogen-bond donors (Lipinski definition) is 2. The van der Waals surface area contributed by atoms with E-state index in [0.717, 1.165) is 24.3 Å². The van der Waals surface area contributed by atoms with E-state index in [-0.39, 0.29) is 12.6 Å². The Balaban J connectivity index is 2.37. The van der Waals surface area contributed by atoms with Gasteiger partial charge < -0.3 is 10.8 Å². The first-order valence-corrected chi connectivity index (χ1v) is 6.96. The topological polar surface area (TPSA) is 46.2 Å². The molecule has 0 heterocycles. The summed E-state index contributed by atoms with van der Waals surface area (Å²) in [5, 5.41) is 8.66. The summed E-state index contributed by atoms with van der Waals surface area (Å²) in [4.78, 5) is 0. The zero-order valence-corrected chi connectivity index (χ0v) is 10.7. The molecule has 3 heteroatoms. The molecule has 3 N–H and O–H groups in total. The standard InChI is InChI=1S/C13H21NOS/c1-2-11-4-6-12(7-5-11)13(14)10-16-9-3-8-15/h4-7,13,15H,2-3,8-10,14H2,1H3. The Morgan fingerprint density at radius 3 is 2.56 bits per heavy atom. The van der Waals surface area contributed by atoms with Gasteiger partial charge in [0.25, 0.3) is 0 Å². The second-order valence-corrected chi connectivity index (χ2v) is 5.00. The summed E-state index contributed by atoms with van der Waals surface area (Å²) in [5.74, 6) is 1.91. The van der Waals surface area contributed by atoms with Gasteiger partial charge >= 0.3 is 0 Å². The van der Waals surface area contributed by atoms with Crippen LogP contribution in [0.3, 0.4) is 0 Å². The lowest BCUT2D eigenvalue weighted by molar-refractivity contribution is 0.296. The SMILES string of the molecule is CCc1ccc(C(N)CSCCCO)cc1. The normalized spacial score (nSPS) is 12.7. The van der Waals surface area contributed by atoms with Crippen molar-refractivity contribution in [2.24, 2.45) is 5.73 Å². The number of aryl methyl sites for hydroxylation is 1. The molecule has 0 amide bonds. The third kappa shape index (κ3) is 4.56. The van der Waals surface area contributed by atoms with Gasteiger partial charge in [-0.2, -0.15) is 11.8 Å². The molecule has 2 nitrogen and oxygen atoms in total. The molecule has 1 aromatic rings. The molecule has 0 aliphatic heterocycles. The van der Waals surface area contributed by atoms with E-state index in [2.05, 4.69) is 31.2 Å². The maximum absolute atomic E-state index is 8.66. The van der Waals surface area contributed by atoms with E-state index in [0.29, 0.717) is 0 Å². The second-order valence-electron chi connectivity index (χ2n) is 3.85. The highest BCUT2D eigenvalue weighted by Gasteiger charge is 2.05. The van der Waals surface area contributed by atoms with Crippen LogP contribution in [0.15, 0.2) is 24.3 Å². The van der Waals surface area contributed by atoms with Crippen molar-refractivity contribution in [3.63, 3.8) is 0 Å². The van der Waals surface area contributed by atoms with Crippen molar-refractivity contribution in [2.45, 2.75) is 25.8 Å². The van der Waals surface area contributed by atoms with Crippen LogP contribution in [0.25, 0.3) is 0 Å². The van der Waals surface area contributed by atoms with Gasteiger partial charge in [0.15, 0.2) is 0 Å². The summed E-state index contributed by atoms with van der Waals surface area (Å²) in [5.41, 5.74) is 8.64. The van der Waals surface area contributed by atoms with Crippen molar-refractivity contribution in [1.29, 1.82) is 0 Å². The van der Waals surface area contributed by atoms with Gasteiger partial charge in [0.2, 0.25) is 0 Å². The molecule has 0 bridgehead atoms. The molecule has 1 aromatic carbocycles. The molecule has 0 aromatic heterocycles. The minimum atomic E-state index is 0.106. The van der Waals surface area contributed by atoms with Crippen LogP contribution in [-0.2, 0) is 6.42 Å².